The summed E-state index contributed by atoms with van der Waals surface area (Å²) >= 11 is 0. The molecule has 0 radical (unpaired) electrons. The number of carbonyl (C=O) groups excluding carboxylic acids is 1. The lowest BCUT2D eigenvalue weighted by molar-refractivity contribution is -0.161. The molecule has 2 aliphatic rings. The van der Waals surface area contributed by atoms with Crippen molar-refractivity contribution >= 4 is 19.3 Å². The van der Waals surface area contributed by atoms with Crippen molar-refractivity contribution in [3.05, 3.63) is 24.7 Å². The average Bonchev–Trinajstić information content (AvgIpc) is 2.86. The number of hydrogen-bond donors (Lipinski definition) is 3. The first-order chi connectivity index (χ1) is 14.6. The van der Waals surface area contributed by atoms with Gasteiger partial charge in [0.25, 0.3) is 7.52 Å². The molecule has 10 nitrogen and oxygen atoms in total. The zero-order valence-electron chi connectivity index (χ0n) is 18.7. The van der Waals surface area contributed by atoms with Crippen LogP contribution in [-0.4, -0.2) is 72.1 Å². The van der Waals surface area contributed by atoms with Gasteiger partial charge in [-0.3, -0.25) is 9.36 Å². The molecule has 182 valence electrons. The smallest absolute Gasteiger partial charge is 0.323 e. The maximum Gasteiger partial charge on any atom is 0.323 e. The highest BCUT2D eigenvalue weighted by Gasteiger charge is 2.68. The van der Waals surface area contributed by atoms with E-state index in [-0.39, 0.29) is 17.8 Å². The van der Waals surface area contributed by atoms with Gasteiger partial charge >= 0.3 is 11.9 Å². The van der Waals surface area contributed by atoms with Crippen molar-refractivity contribution in [2.45, 2.75) is 58.1 Å². The molecule has 0 aromatic heterocycles. The molecule has 2 aliphatic heterocycles. The molecule has 32 heavy (non-hydrogen) atoms. The van der Waals surface area contributed by atoms with Crippen LogP contribution in [0, 0.1) is 5.41 Å². The second-order valence-corrected chi connectivity index (χ2v) is 10.5. The van der Waals surface area contributed by atoms with Crippen LogP contribution in [0.25, 0.3) is 0 Å². The Balaban J connectivity index is 2.13. The van der Waals surface area contributed by atoms with Crippen LogP contribution in [0.3, 0.4) is 0 Å². The fourth-order valence-electron chi connectivity index (χ4n) is 3.24. The molecule has 2 rings (SSSR count). The number of halogens is 2. The van der Waals surface area contributed by atoms with Gasteiger partial charge in [-0.2, -0.15) is 0 Å². The number of nitrogens with one attached hydrogen (secondary N) is 1. The molecular weight excluding hydrogens is 449 g/mol. The quantitative estimate of drug-likeness (QED) is 0.333. The van der Waals surface area contributed by atoms with Gasteiger partial charge < -0.3 is 29.7 Å². The number of carbonyl (C=O) groups is 1. The second-order valence-electron chi connectivity index (χ2n) is 8.33. The third kappa shape index (κ3) is 5.37. The number of aliphatic hydroxyl groups is 1. The van der Waals surface area contributed by atoms with Crippen LogP contribution in [0.1, 0.15) is 27.7 Å². The Hall–Kier alpha value is -1.85. The number of hydrogen-bond acceptors (Lipinski definition) is 9. The first-order valence-corrected chi connectivity index (χ1v) is 12.1. The van der Waals surface area contributed by atoms with Crippen LogP contribution in [0.2, 0.25) is 0 Å². The van der Waals surface area contributed by atoms with Crippen molar-refractivity contribution in [1.82, 2.24) is 9.99 Å². The van der Waals surface area contributed by atoms with Crippen LogP contribution >= 0.6 is 7.52 Å². The maximum absolute atomic E-state index is 15.3. The first-order valence-electron chi connectivity index (χ1n) is 9.98. The summed E-state index contributed by atoms with van der Waals surface area (Å²) in [7, 11) is -3.62. The van der Waals surface area contributed by atoms with E-state index in [4.69, 9.17) is 19.7 Å². The van der Waals surface area contributed by atoms with Crippen molar-refractivity contribution in [2.75, 3.05) is 19.9 Å². The highest BCUT2D eigenvalue weighted by molar-refractivity contribution is 7.56. The number of esters is 1. The fourth-order valence-corrected chi connectivity index (χ4v) is 4.55. The predicted octanol–water partition coefficient (Wildman–Crippen LogP) is 1.77. The number of nitrogens with zero attached hydrogens (tertiary/aromatic N) is 2. The molecule has 2 heterocycles. The Bertz CT molecular complexity index is 852. The summed E-state index contributed by atoms with van der Waals surface area (Å²) in [6.07, 6.45) is -0.976. The van der Waals surface area contributed by atoms with Gasteiger partial charge in [-0.15, -0.1) is 0 Å². The van der Waals surface area contributed by atoms with E-state index in [1.54, 1.807) is 13.8 Å². The van der Waals surface area contributed by atoms with E-state index < -0.39 is 56.4 Å². The highest BCUT2D eigenvalue weighted by Crippen LogP contribution is 2.53. The molecule has 0 spiro atoms. The Morgan fingerprint density at radius 1 is 1.50 bits per heavy atom. The van der Waals surface area contributed by atoms with Gasteiger partial charge in [0.05, 0.1) is 30.8 Å². The Morgan fingerprint density at radius 3 is 2.66 bits per heavy atom. The summed E-state index contributed by atoms with van der Waals surface area (Å²) in [6, 6.07) is -0.957. The van der Waals surface area contributed by atoms with Gasteiger partial charge in [0.2, 0.25) is 6.23 Å². The van der Waals surface area contributed by atoms with E-state index in [1.165, 1.54) is 25.9 Å². The van der Waals surface area contributed by atoms with E-state index in [0.29, 0.717) is 0 Å². The van der Waals surface area contributed by atoms with Gasteiger partial charge in [-0.05, 0) is 33.8 Å². The summed E-state index contributed by atoms with van der Waals surface area (Å²) in [5.41, 5.74) is 3.49. The minimum Gasteiger partial charge on any atom is -0.462 e. The lowest BCUT2D eigenvalue weighted by Gasteiger charge is -2.36. The highest BCUT2D eigenvalue weighted by atomic mass is 31.2. The largest absolute Gasteiger partial charge is 0.462 e. The van der Waals surface area contributed by atoms with Crippen LogP contribution < -0.4 is 10.8 Å². The molecule has 0 amide bonds. The van der Waals surface area contributed by atoms with Gasteiger partial charge in [0.1, 0.15) is 17.7 Å². The molecule has 4 N–H and O–H groups in total. The number of nitrogens with two attached hydrogens (primary N) is 1. The standard InChI is InChI=1S/C19H31F2N4O6P/c1-11(2)30-16(27)12(3)24-32(6,28)29-9-14-18(5,10-26)19(20,21)17(31-14)25-8-7-15(22)23-13(25)4/h7-8,11-12,14,17,26H,4,9-10H2,1-3,5-6H3,(H2,22,23)(H,24,28)/t12-,14+,17+,18-,32?/m0/s1. The van der Waals surface area contributed by atoms with Crippen molar-refractivity contribution in [3.8, 4) is 0 Å². The lowest BCUT2D eigenvalue weighted by Crippen LogP contribution is -2.52. The van der Waals surface area contributed by atoms with Crippen LogP contribution in [0.5, 0.6) is 0 Å². The normalized spacial score (nSPS) is 30.2. The molecule has 1 unspecified atom stereocenters. The zero-order valence-corrected chi connectivity index (χ0v) is 19.6. The molecule has 1 fully saturated rings. The minimum atomic E-state index is -3.62. The molecule has 0 aromatic rings. The number of amidine groups is 1. The minimum absolute atomic E-state index is 0.0585. The van der Waals surface area contributed by atoms with Crippen molar-refractivity contribution < 1.29 is 37.2 Å². The Kier molecular flexibility index (Phi) is 7.89. The van der Waals surface area contributed by atoms with E-state index in [9.17, 15) is 14.5 Å². The fraction of sp³-hybridized carbons (Fsp3) is 0.684. The zero-order chi connectivity index (χ0) is 24.5. The van der Waals surface area contributed by atoms with Crippen molar-refractivity contribution in [2.24, 2.45) is 16.1 Å². The SMILES string of the molecule is C=C1N=C(N)C=CN1[C@@H]1O[C@H](COP(C)(=O)N[C@@H](C)C(=O)OC(C)C)[C@](C)(CO)C1(F)F. The van der Waals surface area contributed by atoms with Crippen LogP contribution in [0.15, 0.2) is 29.7 Å². The average molecular weight is 480 g/mol. The third-order valence-corrected chi connectivity index (χ3v) is 6.72. The third-order valence-electron chi connectivity index (χ3n) is 5.22. The van der Waals surface area contributed by atoms with Crippen LogP contribution in [-0.2, 0) is 23.4 Å². The number of alkyl halides is 2. The number of rotatable bonds is 9. The van der Waals surface area contributed by atoms with Crippen LogP contribution in [0.4, 0.5) is 8.78 Å². The van der Waals surface area contributed by atoms with E-state index >= 15 is 8.78 Å². The molecule has 0 aromatic carbocycles. The maximum atomic E-state index is 15.3. The Labute approximate surface area is 186 Å². The molecule has 13 heteroatoms. The molecular formula is C19H31F2N4O6P. The number of aliphatic imine (C=N–C) groups is 1. The molecule has 0 saturated carbocycles. The summed E-state index contributed by atoms with van der Waals surface area (Å²) in [5.74, 6) is -4.16. The van der Waals surface area contributed by atoms with E-state index in [1.807, 2.05) is 0 Å². The summed E-state index contributed by atoms with van der Waals surface area (Å²) in [5, 5.41) is 12.3. The summed E-state index contributed by atoms with van der Waals surface area (Å²) < 4.78 is 59.4. The van der Waals surface area contributed by atoms with Crippen molar-refractivity contribution in [3.63, 3.8) is 0 Å². The van der Waals surface area contributed by atoms with E-state index in [0.717, 1.165) is 11.8 Å². The monoisotopic (exact) mass is 480 g/mol. The first kappa shape index (κ1) is 26.4. The predicted molar refractivity (Wildman–Crippen MR) is 114 cm³/mol. The lowest BCUT2D eigenvalue weighted by atomic mass is 9.80. The van der Waals surface area contributed by atoms with Gasteiger partial charge in [0.15, 0.2) is 0 Å². The summed E-state index contributed by atoms with van der Waals surface area (Å²) in [4.78, 5) is 16.8. The molecule has 5 atom stereocenters. The van der Waals surface area contributed by atoms with Gasteiger partial charge in [-0.1, -0.05) is 6.58 Å². The topological polar surface area (TPSA) is 136 Å². The van der Waals surface area contributed by atoms with Gasteiger partial charge in [-0.25, -0.2) is 18.9 Å². The van der Waals surface area contributed by atoms with Gasteiger partial charge in [0, 0.05) is 12.9 Å². The van der Waals surface area contributed by atoms with E-state index in [2.05, 4.69) is 16.7 Å². The number of ether oxygens (including phenoxy) is 2. The Morgan fingerprint density at radius 2 is 2.12 bits per heavy atom. The van der Waals surface area contributed by atoms with Crippen molar-refractivity contribution in [1.29, 1.82) is 0 Å². The molecule has 0 aliphatic carbocycles. The number of aliphatic hydroxyl groups excluding tert-OH is 1. The molecule has 1 saturated heterocycles. The second kappa shape index (κ2) is 9.56. The summed E-state index contributed by atoms with van der Waals surface area (Å²) in [6.45, 7) is 9.28. The molecule has 0 bridgehead atoms.